The van der Waals surface area contributed by atoms with Gasteiger partial charge in [-0.2, -0.15) is 0 Å². The van der Waals surface area contributed by atoms with Crippen LogP contribution < -0.4 is 5.32 Å². The van der Waals surface area contributed by atoms with Crippen molar-refractivity contribution in [3.63, 3.8) is 0 Å². The molecule has 0 spiro atoms. The molecule has 1 saturated heterocycles. The van der Waals surface area contributed by atoms with E-state index in [2.05, 4.69) is 16.8 Å². The van der Waals surface area contributed by atoms with Crippen LogP contribution in [-0.2, 0) is 0 Å². The second-order valence-corrected chi connectivity index (χ2v) is 3.98. The Morgan fingerprint density at radius 1 is 1.50 bits per heavy atom. The molecule has 0 atom stereocenters. The van der Waals surface area contributed by atoms with Gasteiger partial charge in [-0.3, -0.25) is 4.90 Å². The highest BCUT2D eigenvalue weighted by Crippen LogP contribution is 2.11. The molecule has 4 nitrogen and oxygen atoms in total. The molecule has 82 valence electrons. The third kappa shape index (κ3) is 4.09. The van der Waals surface area contributed by atoms with Crippen LogP contribution in [0.5, 0.6) is 0 Å². The topological polar surface area (TPSA) is 55.7 Å². The van der Waals surface area contributed by atoms with Gasteiger partial charge in [-0.25, -0.2) is 0 Å². The van der Waals surface area contributed by atoms with E-state index >= 15 is 0 Å². The van der Waals surface area contributed by atoms with Crippen molar-refractivity contribution in [1.29, 1.82) is 0 Å². The molecule has 1 heterocycles. The van der Waals surface area contributed by atoms with Crippen LogP contribution in [0.25, 0.3) is 0 Å². The fraction of sp³-hybridized carbons (Fsp3) is 0.800. The first kappa shape index (κ1) is 11.5. The van der Waals surface area contributed by atoms with Gasteiger partial charge in [0.25, 0.3) is 0 Å². The molecule has 0 aliphatic carbocycles. The summed E-state index contributed by atoms with van der Waals surface area (Å²) in [4.78, 5) is 2.07. The lowest BCUT2D eigenvalue weighted by atomic mass is 10.0. The number of aliphatic hydroxyl groups excluding tert-OH is 1. The largest absolute Gasteiger partial charge is 0.386 e. The summed E-state index contributed by atoms with van der Waals surface area (Å²) >= 11 is 0. The van der Waals surface area contributed by atoms with Crippen molar-refractivity contribution in [2.45, 2.75) is 32.1 Å². The van der Waals surface area contributed by atoms with Gasteiger partial charge in [0.1, 0.15) is 0 Å². The Balaban J connectivity index is 2.21. The summed E-state index contributed by atoms with van der Waals surface area (Å²) in [5, 5.41) is 20.9. The standard InChI is InChI=1S/C10H20N2O2/c1-8(2)11-9-3-5-12(6-4-9)7-10(13)14/h9-11,13-14H,1,3-7H2,2H3. The zero-order chi connectivity index (χ0) is 10.6. The van der Waals surface area contributed by atoms with Crippen LogP contribution in [0, 0.1) is 0 Å². The number of rotatable bonds is 4. The van der Waals surface area contributed by atoms with Gasteiger partial charge in [0.2, 0.25) is 0 Å². The van der Waals surface area contributed by atoms with Crippen LogP contribution >= 0.6 is 0 Å². The van der Waals surface area contributed by atoms with E-state index in [1.165, 1.54) is 0 Å². The minimum atomic E-state index is -1.21. The zero-order valence-electron chi connectivity index (χ0n) is 8.74. The molecule has 14 heavy (non-hydrogen) atoms. The Labute approximate surface area is 85.2 Å². The number of aliphatic hydroxyl groups is 2. The first-order valence-electron chi connectivity index (χ1n) is 5.08. The van der Waals surface area contributed by atoms with Crippen molar-refractivity contribution in [2.75, 3.05) is 19.6 Å². The maximum atomic E-state index is 8.80. The van der Waals surface area contributed by atoms with Gasteiger partial charge >= 0.3 is 0 Å². The third-order valence-corrected chi connectivity index (χ3v) is 2.46. The van der Waals surface area contributed by atoms with Gasteiger partial charge in [-0.15, -0.1) is 0 Å². The van der Waals surface area contributed by atoms with Crippen LogP contribution in [0.1, 0.15) is 19.8 Å². The Kier molecular flexibility index (Phi) is 4.38. The lowest BCUT2D eigenvalue weighted by molar-refractivity contribution is -0.0645. The highest BCUT2D eigenvalue weighted by Gasteiger charge is 2.19. The fourth-order valence-electron chi connectivity index (χ4n) is 1.84. The second kappa shape index (κ2) is 5.34. The summed E-state index contributed by atoms with van der Waals surface area (Å²) < 4.78 is 0. The van der Waals surface area contributed by atoms with Crippen LogP contribution in [0.3, 0.4) is 0 Å². The monoisotopic (exact) mass is 200 g/mol. The average molecular weight is 200 g/mol. The smallest absolute Gasteiger partial charge is 0.164 e. The normalized spacial score (nSPS) is 20.0. The van der Waals surface area contributed by atoms with Crippen LogP contribution in [0.4, 0.5) is 0 Å². The molecule has 0 aromatic rings. The molecule has 0 aromatic heterocycles. The summed E-state index contributed by atoms with van der Waals surface area (Å²) in [5.74, 6) is 0. The molecule has 0 unspecified atom stereocenters. The molecule has 1 rings (SSSR count). The first-order chi connectivity index (χ1) is 6.58. The quantitative estimate of drug-likeness (QED) is 0.554. The van der Waals surface area contributed by atoms with Gasteiger partial charge < -0.3 is 15.5 Å². The molecule has 1 fully saturated rings. The number of likely N-dealkylation sites (tertiary alicyclic amines) is 1. The number of hydrogen-bond acceptors (Lipinski definition) is 4. The van der Waals surface area contributed by atoms with Crippen molar-refractivity contribution in [1.82, 2.24) is 10.2 Å². The van der Waals surface area contributed by atoms with Crippen LogP contribution in [0.15, 0.2) is 12.3 Å². The molecule has 4 heteroatoms. The predicted octanol–water partition coefficient (Wildman–Crippen LogP) is -0.115. The molecule has 1 aliphatic rings. The maximum Gasteiger partial charge on any atom is 0.164 e. The van der Waals surface area contributed by atoms with Crippen molar-refractivity contribution in [3.05, 3.63) is 12.3 Å². The first-order valence-corrected chi connectivity index (χ1v) is 5.08. The minimum Gasteiger partial charge on any atom is -0.386 e. The van der Waals surface area contributed by atoms with Crippen LogP contribution in [-0.4, -0.2) is 47.1 Å². The SMILES string of the molecule is C=C(C)NC1CCN(CC(O)O)CC1. The zero-order valence-corrected chi connectivity index (χ0v) is 8.74. The van der Waals surface area contributed by atoms with E-state index in [0.717, 1.165) is 31.6 Å². The Hall–Kier alpha value is -0.580. The van der Waals surface area contributed by atoms with E-state index in [9.17, 15) is 0 Å². The van der Waals surface area contributed by atoms with E-state index in [1.54, 1.807) is 0 Å². The number of β-amino-alcohol motifs (C(OH)–C–C–N with tert-alkyl or cyclic N) is 2. The van der Waals surface area contributed by atoms with Crippen molar-refractivity contribution in [2.24, 2.45) is 0 Å². The summed E-state index contributed by atoms with van der Waals surface area (Å²) in [6.45, 7) is 7.97. The van der Waals surface area contributed by atoms with E-state index in [4.69, 9.17) is 10.2 Å². The van der Waals surface area contributed by atoms with Gasteiger partial charge in [-0.05, 0) is 19.8 Å². The molecule has 0 aromatic carbocycles. The molecular weight excluding hydrogens is 180 g/mol. The van der Waals surface area contributed by atoms with Crippen molar-refractivity contribution >= 4 is 0 Å². The van der Waals surface area contributed by atoms with Gasteiger partial charge in [0.05, 0.1) is 0 Å². The Morgan fingerprint density at radius 2 is 2.07 bits per heavy atom. The molecule has 0 radical (unpaired) electrons. The second-order valence-electron chi connectivity index (χ2n) is 3.98. The molecule has 0 amide bonds. The number of nitrogens with zero attached hydrogens (tertiary/aromatic N) is 1. The Morgan fingerprint density at radius 3 is 2.50 bits per heavy atom. The highest BCUT2D eigenvalue weighted by molar-refractivity contribution is 4.90. The molecule has 0 saturated carbocycles. The molecular formula is C10H20N2O2. The van der Waals surface area contributed by atoms with Gasteiger partial charge in [0.15, 0.2) is 6.29 Å². The third-order valence-electron chi connectivity index (χ3n) is 2.46. The summed E-state index contributed by atoms with van der Waals surface area (Å²) in [5.41, 5.74) is 1.01. The van der Waals surface area contributed by atoms with E-state index in [-0.39, 0.29) is 0 Å². The number of hydrogen-bond donors (Lipinski definition) is 3. The lowest BCUT2D eigenvalue weighted by Crippen LogP contribution is -2.44. The summed E-state index contributed by atoms with van der Waals surface area (Å²) in [6, 6.07) is 0.500. The van der Waals surface area contributed by atoms with E-state index in [1.807, 2.05) is 6.92 Å². The van der Waals surface area contributed by atoms with Gasteiger partial charge in [0, 0.05) is 31.4 Å². The lowest BCUT2D eigenvalue weighted by Gasteiger charge is -2.33. The van der Waals surface area contributed by atoms with E-state index in [0.29, 0.717) is 12.6 Å². The summed E-state index contributed by atoms with van der Waals surface area (Å²) in [6.07, 6.45) is 0.875. The Bertz CT molecular complexity index is 187. The maximum absolute atomic E-state index is 8.80. The summed E-state index contributed by atoms with van der Waals surface area (Å²) in [7, 11) is 0. The number of nitrogens with one attached hydrogen (secondary N) is 1. The van der Waals surface area contributed by atoms with Gasteiger partial charge in [-0.1, -0.05) is 6.58 Å². The minimum absolute atomic E-state index is 0.361. The number of allylic oxidation sites excluding steroid dienone is 1. The fourth-order valence-corrected chi connectivity index (χ4v) is 1.84. The average Bonchev–Trinajstić information content (AvgIpc) is 2.06. The van der Waals surface area contributed by atoms with E-state index < -0.39 is 6.29 Å². The molecule has 1 aliphatic heterocycles. The molecule has 3 N–H and O–H groups in total. The highest BCUT2D eigenvalue weighted by atomic mass is 16.5. The molecule has 0 bridgehead atoms. The van der Waals surface area contributed by atoms with Crippen molar-refractivity contribution in [3.8, 4) is 0 Å². The van der Waals surface area contributed by atoms with Crippen LogP contribution in [0.2, 0.25) is 0 Å². The predicted molar refractivity (Wildman–Crippen MR) is 55.6 cm³/mol. The van der Waals surface area contributed by atoms with Crippen molar-refractivity contribution < 1.29 is 10.2 Å². The number of piperidine rings is 1.